The molecule has 1 aromatic rings. The summed E-state index contributed by atoms with van der Waals surface area (Å²) in [5, 5.41) is 7.58. The minimum absolute atomic E-state index is 0.237. The first-order valence-electron chi connectivity index (χ1n) is 6.47. The second-order valence-electron chi connectivity index (χ2n) is 4.28. The van der Waals surface area contributed by atoms with Crippen LogP contribution in [0.1, 0.15) is 32.3 Å². The third-order valence-electron chi connectivity index (χ3n) is 2.87. The zero-order chi connectivity index (χ0) is 14.1. The normalized spacial score (nSPS) is 10.9. The van der Waals surface area contributed by atoms with Crippen molar-refractivity contribution >= 4 is 23.5 Å². The van der Waals surface area contributed by atoms with Crippen LogP contribution in [0.3, 0.4) is 0 Å². The first-order chi connectivity index (χ1) is 9.15. The van der Waals surface area contributed by atoms with E-state index in [9.17, 15) is 4.39 Å². The monoisotopic (exact) mass is 281 g/mol. The van der Waals surface area contributed by atoms with Crippen LogP contribution in [0.25, 0.3) is 0 Å². The average Bonchev–Trinajstić information content (AvgIpc) is 2.43. The Bertz CT molecular complexity index is 413. The van der Waals surface area contributed by atoms with E-state index >= 15 is 0 Å². The Labute approximate surface area is 119 Å². The van der Waals surface area contributed by atoms with Gasteiger partial charge in [-0.1, -0.05) is 26.0 Å². The van der Waals surface area contributed by atoms with Crippen LogP contribution in [0.4, 0.5) is 4.39 Å². The largest absolute Gasteiger partial charge is 0.357 e. The van der Waals surface area contributed by atoms with E-state index in [0.717, 1.165) is 18.4 Å². The van der Waals surface area contributed by atoms with Crippen molar-refractivity contribution in [1.29, 1.82) is 0 Å². The zero-order valence-electron chi connectivity index (χ0n) is 11.3. The Morgan fingerprint density at radius 2 is 1.95 bits per heavy atom. The molecule has 0 radical (unpaired) electrons. The van der Waals surface area contributed by atoms with Crippen molar-refractivity contribution in [2.45, 2.75) is 33.2 Å². The molecule has 0 fully saturated rings. The molecule has 0 amide bonds. The van der Waals surface area contributed by atoms with Crippen molar-refractivity contribution in [3.63, 3.8) is 0 Å². The van der Waals surface area contributed by atoms with Crippen molar-refractivity contribution in [2.75, 3.05) is 0 Å². The van der Waals surface area contributed by atoms with Crippen molar-refractivity contribution in [2.24, 2.45) is 11.0 Å². The lowest BCUT2D eigenvalue weighted by Crippen LogP contribution is -2.31. The number of nitrogens with zero attached hydrogens (tertiary/aromatic N) is 1. The number of nitrogens with one attached hydrogen (secondary N) is 2. The predicted octanol–water partition coefficient (Wildman–Crippen LogP) is 3.21. The van der Waals surface area contributed by atoms with Gasteiger partial charge in [0.15, 0.2) is 5.11 Å². The molecule has 5 heteroatoms. The van der Waals surface area contributed by atoms with Crippen LogP contribution in [0.15, 0.2) is 29.4 Å². The lowest BCUT2D eigenvalue weighted by atomic mass is 10.1. The second-order valence-corrected chi connectivity index (χ2v) is 4.68. The van der Waals surface area contributed by atoms with Gasteiger partial charge in [0.25, 0.3) is 0 Å². The van der Waals surface area contributed by atoms with E-state index in [1.807, 2.05) is 6.21 Å². The number of hydrogen-bond donors (Lipinski definition) is 2. The van der Waals surface area contributed by atoms with Gasteiger partial charge >= 0.3 is 0 Å². The molecule has 0 bridgehead atoms. The standard InChI is InChI=1S/C14H20FN3S/c1-3-11(4-2)10-17-18-14(19)16-9-12-5-7-13(15)8-6-12/h5-8,10-11H,3-4,9H2,1-2H3,(H2,16,18,19)/b17-10-. The molecule has 1 aromatic carbocycles. The van der Waals surface area contributed by atoms with Gasteiger partial charge in [0, 0.05) is 12.8 Å². The molecule has 0 aliphatic heterocycles. The average molecular weight is 281 g/mol. The molecular formula is C14H20FN3S. The molecule has 0 heterocycles. The maximum absolute atomic E-state index is 12.7. The SMILES string of the molecule is CCC(/C=N\NC(=S)NCc1ccc(F)cc1)CC. The molecule has 1 rings (SSSR count). The summed E-state index contributed by atoms with van der Waals surface area (Å²) < 4.78 is 12.7. The lowest BCUT2D eigenvalue weighted by molar-refractivity contribution is 0.626. The van der Waals surface area contributed by atoms with Gasteiger partial charge in [-0.05, 0) is 48.7 Å². The summed E-state index contributed by atoms with van der Waals surface area (Å²) >= 11 is 5.09. The van der Waals surface area contributed by atoms with E-state index in [1.165, 1.54) is 12.1 Å². The fourth-order valence-electron chi connectivity index (χ4n) is 1.52. The summed E-state index contributed by atoms with van der Waals surface area (Å²) in [4.78, 5) is 0. The Hall–Kier alpha value is -1.49. The molecule has 0 spiro atoms. The van der Waals surface area contributed by atoms with Gasteiger partial charge in [-0.15, -0.1) is 0 Å². The molecule has 0 unspecified atom stereocenters. The summed E-state index contributed by atoms with van der Waals surface area (Å²) in [6.45, 7) is 4.81. The smallest absolute Gasteiger partial charge is 0.187 e. The number of hydrogen-bond acceptors (Lipinski definition) is 2. The highest BCUT2D eigenvalue weighted by Gasteiger charge is 1.99. The van der Waals surface area contributed by atoms with Crippen LogP contribution < -0.4 is 10.7 Å². The molecule has 0 saturated carbocycles. The molecular weight excluding hydrogens is 261 g/mol. The maximum Gasteiger partial charge on any atom is 0.187 e. The van der Waals surface area contributed by atoms with E-state index in [-0.39, 0.29) is 5.82 Å². The van der Waals surface area contributed by atoms with E-state index in [2.05, 4.69) is 29.7 Å². The van der Waals surface area contributed by atoms with E-state index in [4.69, 9.17) is 12.2 Å². The first kappa shape index (κ1) is 15.6. The molecule has 3 nitrogen and oxygen atoms in total. The Morgan fingerprint density at radius 3 is 2.53 bits per heavy atom. The molecule has 0 saturated heterocycles. The van der Waals surface area contributed by atoms with Crippen molar-refractivity contribution in [3.05, 3.63) is 35.6 Å². The maximum atomic E-state index is 12.7. The quantitative estimate of drug-likeness (QED) is 0.477. The summed E-state index contributed by atoms with van der Waals surface area (Å²) in [6, 6.07) is 6.30. The van der Waals surface area contributed by atoms with Gasteiger partial charge < -0.3 is 5.32 Å². The van der Waals surface area contributed by atoms with Crippen molar-refractivity contribution in [1.82, 2.24) is 10.7 Å². The Morgan fingerprint density at radius 1 is 1.32 bits per heavy atom. The van der Waals surface area contributed by atoms with Gasteiger partial charge in [0.1, 0.15) is 5.82 Å². The fourth-order valence-corrected chi connectivity index (χ4v) is 1.65. The predicted molar refractivity (Wildman–Crippen MR) is 81.5 cm³/mol. The molecule has 2 N–H and O–H groups in total. The van der Waals surface area contributed by atoms with Crippen LogP contribution in [0.2, 0.25) is 0 Å². The number of benzene rings is 1. The molecule has 0 aliphatic carbocycles. The van der Waals surface area contributed by atoms with Gasteiger partial charge in [-0.3, -0.25) is 5.43 Å². The number of hydrazone groups is 1. The van der Waals surface area contributed by atoms with E-state index in [1.54, 1.807) is 12.1 Å². The van der Waals surface area contributed by atoms with Crippen molar-refractivity contribution < 1.29 is 4.39 Å². The second kappa shape index (κ2) is 8.58. The van der Waals surface area contributed by atoms with E-state index < -0.39 is 0 Å². The zero-order valence-corrected chi connectivity index (χ0v) is 12.1. The number of thiocarbonyl (C=S) groups is 1. The van der Waals surface area contributed by atoms with Crippen LogP contribution >= 0.6 is 12.2 Å². The summed E-state index contributed by atoms with van der Waals surface area (Å²) in [5.41, 5.74) is 3.75. The van der Waals surface area contributed by atoms with Crippen LogP contribution in [-0.2, 0) is 6.54 Å². The highest BCUT2D eigenvalue weighted by Crippen LogP contribution is 2.03. The van der Waals surface area contributed by atoms with Crippen LogP contribution in [-0.4, -0.2) is 11.3 Å². The van der Waals surface area contributed by atoms with Gasteiger partial charge in [0.2, 0.25) is 0 Å². The van der Waals surface area contributed by atoms with Crippen LogP contribution in [0, 0.1) is 11.7 Å². The topological polar surface area (TPSA) is 36.4 Å². The third kappa shape index (κ3) is 6.29. The summed E-state index contributed by atoms with van der Waals surface area (Å²) in [5.74, 6) is 0.242. The molecule has 104 valence electrons. The Kier molecular flexibility index (Phi) is 7.03. The van der Waals surface area contributed by atoms with Gasteiger partial charge in [0.05, 0.1) is 0 Å². The highest BCUT2D eigenvalue weighted by molar-refractivity contribution is 7.80. The van der Waals surface area contributed by atoms with E-state index in [0.29, 0.717) is 17.6 Å². The first-order valence-corrected chi connectivity index (χ1v) is 6.88. The van der Waals surface area contributed by atoms with Crippen LogP contribution in [0.5, 0.6) is 0 Å². The fraction of sp³-hybridized carbons (Fsp3) is 0.429. The minimum Gasteiger partial charge on any atom is -0.357 e. The molecule has 0 aliphatic rings. The van der Waals surface area contributed by atoms with Crippen molar-refractivity contribution in [3.8, 4) is 0 Å². The third-order valence-corrected chi connectivity index (χ3v) is 3.10. The number of halogens is 1. The van der Waals surface area contributed by atoms with Gasteiger partial charge in [-0.25, -0.2) is 4.39 Å². The number of rotatable bonds is 6. The Balaban J connectivity index is 2.30. The lowest BCUT2D eigenvalue weighted by Gasteiger charge is -2.08. The summed E-state index contributed by atoms with van der Waals surface area (Å²) in [7, 11) is 0. The van der Waals surface area contributed by atoms with Gasteiger partial charge in [-0.2, -0.15) is 5.10 Å². The highest BCUT2D eigenvalue weighted by atomic mass is 32.1. The molecule has 0 atom stereocenters. The summed E-state index contributed by atoms with van der Waals surface area (Å²) in [6.07, 6.45) is 4.01. The molecule has 0 aromatic heterocycles. The molecule has 19 heavy (non-hydrogen) atoms. The minimum atomic E-state index is -0.237.